The van der Waals surface area contributed by atoms with E-state index in [-0.39, 0.29) is 12.4 Å². The number of carbonyl (C=O) groups is 1. The van der Waals surface area contributed by atoms with Crippen molar-refractivity contribution < 1.29 is 19.0 Å². The van der Waals surface area contributed by atoms with E-state index in [0.29, 0.717) is 12.0 Å². The molecule has 4 nitrogen and oxygen atoms in total. The number of hydrogen-bond donors (Lipinski definition) is 2. The van der Waals surface area contributed by atoms with Crippen LogP contribution in [0, 0.1) is 5.82 Å². The van der Waals surface area contributed by atoms with Gasteiger partial charge in [-0.15, -0.1) is 0 Å². The van der Waals surface area contributed by atoms with E-state index < -0.39 is 17.8 Å². The number of aliphatic hydroxyl groups is 1. The Bertz CT molecular complexity index is 381. The summed E-state index contributed by atoms with van der Waals surface area (Å²) in [5, 5.41) is 8.79. The first-order chi connectivity index (χ1) is 7.58. The minimum absolute atomic E-state index is 0.0390. The Labute approximate surface area is 92.8 Å². The molecule has 1 atom stereocenters. The van der Waals surface area contributed by atoms with Crippen LogP contribution in [0.15, 0.2) is 18.2 Å². The molecule has 1 unspecified atom stereocenters. The van der Waals surface area contributed by atoms with Gasteiger partial charge in [-0.25, -0.2) is 4.39 Å². The maximum atomic E-state index is 13.4. The largest absolute Gasteiger partial charge is 0.478 e. The second kappa shape index (κ2) is 5.46. The van der Waals surface area contributed by atoms with Crippen molar-refractivity contribution in [3.05, 3.63) is 29.6 Å². The zero-order chi connectivity index (χ0) is 12.1. The number of primary amides is 1. The lowest BCUT2D eigenvalue weighted by molar-refractivity contribution is -0.124. The molecule has 1 amide bonds. The van der Waals surface area contributed by atoms with Crippen molar-refractivity contribution in [3.63, 3.8) is 0 Å². The van der Waals surface area contributed by atoms with E-state index in [1.165, 1.54) is 12.1 Å². The van der Waals surface area contributed by atoms with Gasteiger partial charge < -0.3 is 15.6 Å². The van der Waals surface area contributed by atoms with Crippen LogP contribution in [0.1, 0.15) is 18.9 Å². The highest BCUT2D eigenvalue weighted by Crippen LogP contribution is 2.20. The van der Waals surface area contributed by atoms with Crippen LogP contribution in [0.3, 0.4) is 0 Å². The summed E-state index contributed by atoms with van der Waals surface area (Å²) in [4.78, 5) is 10.9. The van der Waals surface area contributed by atoms with E-state index in [1.54, 1.807) is 6.92 Å². The van der Waals surface area contributed by atoms with E-state index in [4.69, 9.17) is 15.6 Å². The summed E-state index contributed by atoms with van der Waals surface area (Å²) in [5.41, 5.74) is 5.52. The van der Waals surface area contributed by atoms with Crippen LogP contribution in [0.25, 0.3) is 0 Å². The second-order valence-electron chi connectivity index (χ2n) is 3.34. The molecule has 3 N–H and O–H groups in total. The van der Waals surface area contributed by atoms with Gasteiger partial charge in [0, 0.05) is 0 Å². The molecule has 1 aromatic carbocycles. The Morgan fingerprint density at radius 2 is 2.31 bits per heavy atom. The predicted molar refractivity (Wildman–Crippen MR) is 56.2 cm³/mol. The third-order valence-electron chi connectivity index (χ3n) is 2.14. The Morgan fingerprint density at radius 1 is 1.62 bits per heavy atom. The predicted octanol–water partition coefficient (Wildman–Crippen LogP) is 0.961. The number of aliphatic hydroxyl groups excluding tert-OH is 1. The zero-order valence-corrected chi connectivity index (χ0v) is 8.94. The summed E-state index contributed by atoms with van der Waals surface area (Å²) in [5.74, 6) is -1.29. The van der Waals surface area contributed by atoms with Crippen molar-refractivity contribution in [2.24, 2.45) is 5.73 Å². The molecular formula is C11H14FNO3. The first kappa shape index (κ1) is 12.4. The molecule has 0 heterocycles. The fraction of sp³-hybridized carbons (Fsp3) is 0.364. The SMILES string of the molecule is CCC(Oc1ccc(CO)cc1F)C(N)=O. The summed E-state index contributed by atoms with van der Waals surface area (Å²) in [6, 6.07) is 4.04. The molecule has 88 valence electrons. The van der Waals surface area contributed by atoms with Crippen molar-refractivity contribution in [3.8, 4) is 5.75 Å². The molecule has 1 aromatic rings. The number of rotatable bonds is 5. The molecule has 0 radical (unpaired) electrons. The molecule has 0 fully saturated rings. The number of halogens is 1. The van der Waals surface area contributed by atoms with Crippen LogP contribution in [-0.2, 0) is 11.4 Å². The summed E-state index contributed by atoms with van der Waals surface area (Å²) >= 11 is 0. The first-order valence-corrected chi connectivity index (χ1v) is 4.93. The van der Waals surface area contributed by atoms with E-state index in [9.17, 15) is 9.18 Å². The molecular weight excluding hydrogens is 213 g/mol. The Balaban J connectivity index is 2.84. The van der Waals surface area contributed by atoms with Crippen LogP contribution in [-0.4, -0.2) is 17.1 Å². The van der Waals surface area contributed by atoms with Crippen molar-refractivity contribution in [1.82, 2.24) is 0 Å². The lowest BCUT2D eigenvalue weighted by atomic mass is 10.2. The number of amides is 1. The fourth-order valence-electron chi connectivity index (χ4n) is 1.23. The van der Waals surface area contributed by atoms with Crippen molar-refractivity contribution in [2.75, 3.05) is 0 Å². The zero-order valence-electron chi connectivity index (χ0n) is 8.94. The highest BCUT2D eigenvalue weighted by Gasteiger charge is 2.16. The van der Waals surface area contributed by atoms with Crippen LogP contribution in [0.5, 0.6) is 5.75 Å². The molecule has 0 spiro atoms. The molecule has 5 heteroatoms. The van der Waals surface area contributed by atoms with E-state index >= 15 is 0 Å². The fourth-order valence-corrected chi connectivity index (χ4v) is 1.23. The van der Waals surface area contributed by atoms with Gasteiger partial charge in [-0.2, -0.15) is 0 Å². The summed E-state index contributed by atoms with van der Waals surface area (Å²) in [6.07, 6.45) is -0.467. The van der Waals surface area contributed by atoms with Crippen LogP contribution in [0.4, 0.5) is 4.39 Å². The Kier molecular flexibility index (Phi) is 4.25. The number of nitrogens with two attached hydrogens (primary N) is 1. The van der Waals surface area contributed by atoms with E-state index in [0.717, 1.165) is 6.07 Å². The smallest absolute Gasteiger partial charge is 0.258 e. The molecule has 16 heavy (non-hydrogen) atoms. The van der Waals surface area contributed by atoms with Gasteiger partial charge in [0.15, 0.2) is 17.7 Å². The Morgan fingerprint density at radius 3 is 2.75 bits per heavy atom. The van der Waals surface area contributed by atoms with Crippen molar-refractivity contribution >= 4 is 5.91 Å². The third-order valence-corrected chi connectivity index (χ3v) is 2.14. The van der Waals surface area contributed by atoms with Gasteiger partial charge in [-0.1, -0.05) is 13.0 Å². The third kappa shape index (κ3) is 2.93. The van der Waals surface area contributed by atoms with Gasteiger partial charge in [0.1, 0.15) is 0 Å². The molecule has 0 aromatic heterocycles. The van der Waals surface area contributed by atoms with Crippen LogP contribution < -0.4 is 10.5 Å². The average Bonchev–Trinajstić information content (AvgIpc) is 2.26. The number of benzene rings is 1. The monoisotopic (exact) mass is 227 g/mol. The maximum absolute atomic E-state index is 13.4. The molecule has 0 aliphatic carbocycles. The minimum atomic E-state index is -0.838. The standard InChI is InChI=1S/C11H14FNO3/c1-2-9(11(13)15)16-10-4-3-7(6-14)5-8(10)12/h3-5,9,14H,2,6H2,1H3,(H2,13,15). The normalized spacial score (nSPS) is 12.2. The van der Waals surface area contributed by atoms with Crippen LogP contribution in [0.2, 0.25) is 0 Å². The highest BCUT2D eigenvalue weighted by molar-refractivity contribution is 5.79. The minimum Gasteiger partial charge on any atom is -0.478 e. The quantitative estimate of drug-likeness (QED) is 0.787. The number of carbonyl (C=O) groups excluding carboxylic acids is 1. The second-order valence-corrected chi connectivity index (χ2v) is 3.34. The molecule has 0 aliphatic rings. The number of ether oxygens (including phenoxy) is 1. The maximum Gasteiger partial charge on any atom is 0.258 e. The summed E-state index contributed by atoms with van der Waals surface area (Å²) in [6.45, 7) is 1.47. The van der Waals surface area contributed by atoms with Gasteiger partial charge in [-0.05, 0) is 24.1 Å². The van der Waals surface area contributed by atoms with Gasteiger partial charge in [-0.3, -0.25) is 4.79 Å². The lowest BCUT2D eigenvalue weighted by Crippen LogP contribution is -2.33. The molecule has 1 rings (SSSR count). The molecule has 0 saturated carbocycles. The van der Waals surface area contributed by atoms with Gasteiger partial charge in [0.2, 0.25) is 0 Å². The Hall–Kier alpha value is -1.62. The molecule has 0 saturated heterocycles. The van der Waals surface area contributed by atoms with Crippen molar-refractivity contribution in [2.45, 2.75) is 26.1 Å². The van der Waals surface area contributed by atoms with Crippen LogP contribution >= 0.6 is 0 Å². The van der Waals surface area contributed by atoms with E-state index in [2.05, 4.69) is 0 Å². The summed E-state index contributed by atoms with van der Waals surface area (Å²) < 4.78 is 18.5. The highest BCUT2D eigenvalue weighted by atomic mass is 19.1. The van der Waals surface area contributed by atoms with E-state index in [1.807, 2.05) is 0 Å². The van der Waals surface area contributed by atoms with Gasteiger partial charge in [0.05, 0.1) is 6.61 Å². The molecule has 0 bridgehead atoms. The first-order valence-electron chi connectivity index (χ1n) is 4.93. The van der Waals surface area contributed by atoms with Crippen molar-refractivity contribution in [1.29, 1.82) is 0 Å². The summed E-state index contributed by atoms with van der Waals surface area (Å²) in [7, 11) is 0. The molecule has 0 aliphatic heterocycles. The lowest BCUT2D eigenvalue weighted by Gasteiger charge is -2.14. The number of hydrogen-bond acceptors (Lipinski definition) is 3. The average molecular weight is 227 g/mol. The van der Waals surface area contributed by atoms with Gasteiger partial charge >= 0.3 is 0 Å². The topological polar surface area (TPSA) is 72.6 Å². The van der Waals surface area contributed by atoms with Gasteiger partial charge in [0.25, 0.3) is 5.91 Å².